The van der Waals surface area contributed by atoms with Gasteiger partial charge in [-0.25, -0.2) is 0 Å². The van der Waals surface area contributed by atoms with Crippen LogP contribution in [0.1, 0.15) is 17.0 Å². The summed E-state index contributed by atoms with van der Waals surface area (Å²) in [5.41, 5.74) is 1.18. The minimum absolute atomic E-state index is 0.0353. The molecule has 7 nitrogen and oxygen atoms in total. The van der Waals surface area contributed by atoms with E-state index >= 15 is 0 Å². The Kier molecular flexibility index (Phi) is 7.08. The van der Waals surface area contributed by atoms with Crippen LogP contribution in [0.5, 0.6) is 0 Å². The van der Waals surface area contributed by atoms with Crippen LogP contribution in [0.15, 0.2) is 53.1 Å². The van der Waals surface area contributed by atoms with E-state index in [0.29, 0.717) is 45.0 Å². The average molecular weight is 384 g/mol. The molecule has 1 N–H and O–H groups in total. The van der Waals surface area contributed by atoms with Gasteiger partial charge in [-0.3, -0.25) is 14.5 Å². The first-order valence-electron chi connectivity index (χ1n) is 9.71. The van der Waals surface area contributed by atoms with Crippen molar-refractivity contribution in [3.63, 3.8) is 0 Å². The fourth-order valence-electron chi connectivity index (χ4n) is 3.28. The van der Waals surface area contributed by atoms with Crippen molar-refractivity contribution < 1.29 is 14.0 Å². The molecule has 1 saturated heterocycles. The molecule has 2 amide bonds. The topological polar surface area (TPSA) is 69.0 Å². The lowest BCUT2D eigenvalue weighted by molar-refractivity contribution is -0.122. The molecule has 1 aliphatic rings. The summed E-state index contributed by atoms with van der Waals surface area (Å²) in [4.78, 5) is 30.5. The molecular weight excluding hydrogens is 356 g/mol. The molecule has 1 aromatic heterocycles. The van der Waals surface area contributed by atoms with Crippen LogP contribution in [-0.2, 0) is 4.79 Å². The fraction of sp³-hybridized carbons (Fsp3) is 0.429. The van der Waals surface area contributed by atoms with Crippen molar-refractivity contribution in [1.82, 2.24) is 15.1 Å². The Hall–Kier alpha value is -2.80. The summed E-state index contributed by atoms with van der Waals surface area (Å²) in [5.74, 6) is 0.316. The van der Waals surface area contributed by atoms with Gasteiger partial charge in [0.15, 0.2) is 5.76 Å². The minimum Gasteiger partial charge on any atom is -0.459 e. The van der Waals surface area contributed by atoms with Crippen LogP contribution in [0.4, 0.5) is 5.69 Å². The van der Waals surface area contributed by atoms with E-state index in [0.717, 1.165) is 13.0 Å². The molecule has 0 radical (unpaired) electrons. The highest BCUT2D eigenvalue weighted by molar-refractivity contribution is 5.91. The molecule has 1 aromatic carbocycles. The van der Waals surface area contributed by atoms with Crippen LogP contribution in [0.3, 0.4) is 0 Å². The van der Waals surface area contributed by atoms with Crippen molar-refractivity contribution in [2.75, 3.05) is 57.8 Å². The largest absolute Gasteiger partial charge is 0.459 e. The molecule has 3 rings (SSSR count). The fourth-order valence-corrected chi connectivity index (χ4v) is 3.28. The number of anilines is 1. The van der Waals surface area contributed by atoms with Crippen molar-refractivity contribution in [2.45, 2.75) is 6.42 Å². The molecule has 0 spiro atoms. The van der Waals surface area contributed by atoms with Gasteiger partial charge in [0, 0.05) is 52.0 Å². The van der Waals surface area contributed by atoms with Crippen LogP contribution in [0.25, 0.3) is 0 Å². The summed E-state index contributed by atoms with van der Waals surface area (Å²) in [7, 11) is 2.06. The first-order valence-corrected chi connectivity index (χ1v) is 9.71. The van der Waals surface area contributed by atoms with Gasteiger partial charge in [0.05, 0.1) is 12.8 Å². The summed E-state index contributed by atoms with van der Waals surface area (Å²) < 4.78 is 5.17. The number of nitrogens with zero attached hydrogens (tertiary/aromatic N) is 3. The molecule has 2 aromatic rings. The highest BCUT2D eigenvalue weighted by Crippen LogP contribution is 2.11. The Morgan fingerprint density at radius 1 is 1.07 bits per heavy atom. The van der Waals surface area contributed by atoms with Crippen molar-refractivity contribution in [1.29, 1.82) is 0 Å². The Morgan fingerprint density at radius 3 is 2.50 bits per heavy atom. The van der Waals surface area contributed by atoms with Gasteiger partial charge in [0.1, 0.15) is 0 Å². The maximum Gasteiger partial charge on any atom is 0.289 e. The molecule has 1 fully saturated rings. The zero-order chi connectivity index (χ0) is 19.8. The summed E-state index contributed by atoms with van der Waals surface area (Å²) in [6, 6.07) is 13.6. The summed E-state index contributed by atoms with van der Waals surface area (Å²) in [5, 5.41) is 2.99. The quantitative estimate of drug-likeness (QED) is 0.702. The summed E-state index contributed by atoms with van der Waals surface area (Å²) in [6.07, 6.45) is 2.40. The summed E-state index contributed by atoms with van der Waals surface area (Å²) >= 11 is 0. The predicted molar refractivity (Wildman–Crippen MR) is 108 cm³/mol. The number of para-hydroxylation sites is 1. The standard InChI is InChI=1S/C21H28N4O3/c1-23(18-7-3-2-4-8-18)11-6-10-22-20(26)17-24-12-14-25(15-13-24)21(27)19-9-5-16-28-19/h2-5,7-9,16H,6,10-15,17H2,1H3,(H,22,26). The van der Waals surface area contributed by atoms with E-state index in [9.17, 15) is 9.59 Å². The lowest BCUT2D eigenvalue weighted by Crippen LogP contribution is -2.51. The van der Waals surface area contributed by atoms with E-state index in [1.807, 2.05) is 18.2 Å². The Bertz CT molecular complexity index is 740. The molecule has 1 aliphatic heterocycles. The van der Waals surface area contributed by atoms with E-state index in [4.69, 9.17) is 4.42 Å². The molecule has 0 saturated carbocycles. The highest BCUT2D eigenvalue weighted by atomic mass is 16.3. The van der Waals surface area contributed by atoms with Gasteiger partial charge in [-0.05, 0) is 30.7 Å². The summed E-state index contributed by atoms with van der Waals surface area (Å²) in [6.45, 7) is 4.51. The van der Waals surface area contributed by atoms with E-state index in [1.165, 1.54) is 12.0 Å². The van der Waals surface area contributed by atoms with Crippen molar-refractivity contribution in [3.8, 4) is 0 Å². The molecule has 2 heterocycles. The number of carbonyl (C=O) groups excluding carboxylic acids is 2. The van der Waals surface area contributed by atoms with E-state index in [2.05, 4.69) is 34.3 Å². The first-order chi connectivity index (χ1) is 13.6. The highest BCUT2D eigenvalue weighted by Gasteiger charge is 2.24. The van der Waals surface area contributed by atoms with Gasteiger partial charge in [0.2, 0.25) is 5.91 Å². The van der Waals surface area contributed by atoms with E-state index < -0.39 is 0 Å². The van der Waals surface area contributed by atoms with Gasteiger partial charge in [-0.2, -0.15) is 0 Å². The third kappa shape index (κ3) is 5.60. The number of piperazine rings is 1. The predicted octanol–water partition coefficient (Wildman–Crippen LogP) is 1.68. The number of benzene rings is 1. The third-order valence-electron chi connectivity index (χ3n) is 4.95. The second-order valence-electron chi connectivity index (χ2n) is 7.01. The maximum atomic E-state index is 12.3. The Labute approximate surface area is 165 Å². The number of amides is 2. The third-order valence-corrected chi connectivity index (χ3v) is 4.95. The zero-order valence-corrected chi connectivity index (χ0v) is 16.3. The average Bonchev–Trinajstić information content (AvgIpc) is 3.26. The molecule has 0 bridgehead atoms. The number of rotatable bonds is 8. The molecular formula is C21H28N4O3. The van der Waals surface area contributed by atoms with Crippen LogP contribution in [-0.4, -0.2) is 74.5 Å². The minimum atomic E-state index is -0.0864. The number of nitrogens with one attached hydrogen (secondary N) is 1. The van der Waals surface area contributed by atoms with Gasteiger partial charge in [-0.1, -0.05) is 18.2 Å². The molecule has 150 valence electrons. The maximum absolute atomic E-state index is 12.3. The monoisotopic (exact) mass is 384 g/mol. The van der Waals surface area contributed by atoms with Gasteiger partial charge in [-0.15, -0.1) is 0 Å². The number of hydrogen-bond donors (Lipinski definition) is 1. The molecule has 0 atom stereocenters. The molecule has 28 heavy (non-hydrogen) atoms. The second-order valence-corrected chi connectivity index (χ2v) is 7.01. The van der Waals surface area contributed by atoms with Crippen LogP contribution < -0.4 is 10.2 Å². The Balaban J connectivity index is 1.30. The van der Waals surface area contributed by atoms with Crippen LogP contribution in [0, 0.1) is 0 Å². The molecule has 0 unspecified atom stereocenters. The van der Waals surface area contributed by atoms with Crippen LogP contribution >= 0.6 is 0 Å². The van der Waals surface area contributed by atoms with Gasteiger partial charge in [0.25, 0.3) is 5.91 Å². The molecule has 0 aliphatic carbocycles. The van der Waals surface area contributed by atoms with Crippen molar-refractivity contribution in [2.24, 2.45) is 0 Å². The number of hydrogen-bond acceptors (Lipinski definition) is 5. The van der Waals surface area contributed by atoms with Crippen LogP contribution in [0.2, 0.25) is 0 Å². The SMILES string of the molecule is CN(CCCNC(=O)CN1CCN(C(=O)c2ccco2)CC1)c1ccccc1. The van der Waals surface area contributed by atoms with Gasteiger partial charge < -0.3 is 19.5 Å². The van der Waals surface area contributed by atoms with E-state index in [1.54, 1.807) is 17.0 Å². The lowest BCUT2D eigenvalue weighted by Gasteiger charge is -2.33. The van der Waals surface area contributed by atoms with Gasteiger partial charge >= 0.3 is 0 Å². The van der Waals surface area contributed by atoms with E-state index in [-0.39, 0.29) is 11.8 Å². The second kappa shape index (κ2) is 9.94. The first kappa shape index (κ1) is 19.9. The Morgan fingerprint density at radius 2 is 1.82 bits per heavy atom. The smallest absolute Gasteiger partial charge is 0.289 e. The van der Waals surface area contributed by atoms with Crippen molar-refractivity contribution in [3.05, 3.63) is 54.5 Å². The molecule has 7 heteroatoms. The lowest BCUT2D eigenvalue weighted by atomic mass is 10.2. The number of furan rings is 1. The van der Waals surface area contributed by atoms with Crippen molar-refractivity contribution >= 4 is 17.5 Å². The normalized spacial score (nSPS) is 14.7. The number of carbonyl (C=O) groups is 2. The zero-order valence-electron chi connectivity index (χ0n) is 16.3.